The number of carbonyl (C=O) groups is 1. The summed E-state index contributed by atoms with van der Waals surface area (Å²) in [5.41, 5.74) is 3.18. The lowest BCUT2D eigenvalue weighted by atomic mass is 10.1. The number of furan rings is 1. The molecule has 0 saturated carbocycles. The average molecular weight is 404 g/mol. The smallest absolute Gasteiger partial charge is 0.230 e. The molecular formula is C22H20N4O2S. The fourth-order valence-corrected chi connectivity index (χ4v) is 3.70. The van der Waals surface area contributed by atoms with Gasteiger partial charge in [-0.1, -0.05) is 54.2 Å². The zero-order chi connectivity index (χ0) is 20.1. The van der Waals surface area contributed by atoms with Crippen LogP contribution in [0.2, 0.25) is 0 Å². The molecule has 7 heteroatoms. The molecule has 6 nitrogen and oxygen atoms in total. The van der Waals surface area contributed by atoms with E-state index in [0.29, 0.717) is 23.3 Å². The number of hydrogen-bond acceptors (Lipinski definition) is 5. The SMILES string of the molecule is Cc1ccccc1CNC(=O)CSc1nnc(-c2ccco2)n1-c1ccccc1. The molecular weight excluding hydrogens is 384 g/mol. The van der Waals surface area contributed by atoms with E-state index in [9.17, 15) is 4.79 Å². The second kappa shape index (κ2) is 8.79. The standard InChI is InChI=1S/C22H20N4O2S/c1-16-8-5-6-9-17(16)14-23-20(27)15-29-22-25-24-21(19-12-7-13-28-19)26(22)18-10-3-2-4-11-18/h2-13H,14-15H2,1H3,(H,23,27). The minimum atomic E-state index is -0.0552. The predicted molar refractivity (Wildman–Crippen MR) is 113 cm³/mol. The Bertz CT molecular complexity index is 1090. The highest BCUT2D eigenvalue weighted by atomic mass is 32.2. The number of aromatic nitrogens is 3. The molecule has 29 heavy (non-hydrogen) atoms. The van der Waals surface area contributed by atoms with Gasteiger partial charge in [-0.15, -0.1) is 10.2 Å². The van der Waals surface area contributed by atoms with Crippen LogP contribution in [0, 0.1) is 6.92 Å². The third-order valence-corrected chi connectivity index (χ3v) is 5.39. The molecule has 146 valence electrons. The lowest BCUT2D eigenvalue weighted by molar-refractivity contribution is -0.118. The summed E-state index contributed by atoms with van der Waals surface area (Å²) in [6, 6.07) is 21.5. The highest BCUT2D eigenvalue weighted by molar-refractivity contribution is 7.99. The first-order valence-electron chi connectivity index (χ1n) is 9.21. The summed E-state index contributed by atoms with van der Waals surface area (Å²) in [4.78, 5) is 12.4. The second-order valence-electron chi connectivity index (χ2n) is 6.45. The summed E-state index contributed by atoms with van der Waals surface area (Å²) >= 11 is 1.34. The quantitative estimate of drug-likeness (QED) is 0.466. The Morgan fingerprint density at radius 1 is 1.03 bits per heavy atom. The Kier molecular flexibility index (Phi) is 5.76. The minimum absolute atomic E-state index is 0.0552. The maximum Gasteiger partial charge on any atom is 0.230 e. The zero-order valence-corrected chi connectivity index (χ0v) is 16.7. The molecule has 4 rings (SSSR count). The highest BCUT2D eigenvalue weighted by Crippen LogP contribution is 2.28. The molecule has 2 aromatic heterocycles. The maximum absolute atomic E-state index is 12.4. The Balaban J connectivity index is 1.49. The van der Waals surface area contributed by atoms with Crippen LogP contribution in [0.5, 0.6) is 0 Å². The van der Waals surface area contributed by atoms with Crippen molar-refractivity contribution in [2.45, 2.75) is 18.6 Å². The van der Waals surface area contributed by atoms with Gasteiger partial charge in [-0.25, -0.2) is 0 Å². The molecule has 1 N–H and O–H groups in total. The molecule has 0 radical (unpaired) electrons. The molecule has 0 fully saturated rings. The summed E-state index contributed by atoms with van der Waals surface area (Å²) in [5.74, 6) is 1.41. The van der Waals surface area contributed by atoms with Gasteiger partial charge in [-0.05, 0) is 42.3 Å². The number of hydrogen-bond donors (Lipinski definition) is 1. The summed E-state index contributed by atoms with van der Waals surface area (Å²) in [6.07, 6.45) is 1.60. The van der Waals surface area contributed by atoms with Gasteiger partial charge in [-0.2, -0.15) is 0 Å². The van der Waals surface area contributed by atoms with Gasteiger partial charge in [0, 0.05) is 12.2 Å². The van der Waals surface area contributed by atoms with E-state index in [0.717, 1.165) is 16.8 Å². The van der Waals surface area contributed by atoms with Crippen molar-refractivity contribution in [1.82, 2.24) is 20.1 Å². The molecule has 0 aliphatic carbocycles. The van der Waals surface area contributed by atoms with Crippen LogP contribution in [-0.4, -0.2) is 26.4 Å². The molecule has 2 heterocycles. The molecule has 0 atom stereocenters. The van der Waals surface area contributed by atoms with E-state index in [1.807, 2.05) is 78.2 Å². The first kappa shape index (κ1) is 19.0. The molecule has 0 saturated heterocycles. The minimum Gasteiger partial charge on any atom is -0.461 e. The van der Waals surface area contributed by atoms with E-state index in [2.05, 4.69) is 15.5 Å². The monoisotopic (exact) mass is 404 g/mol. The topological polar surface area (TPSA) is 73.0 Å². The third-order valence-electron chi connectivity index (χ3n) is 4.46. The Morgan fingerprint density at radius 3 is 2.59 bits per heavy atom. The van der Waals surface area contributed by atoms with Crippen molar-refractivity contribution in [3.05, 3.63) is 84.1 Å². The van der Waals surface area contributed by atoms with Crippen LogP contribution in [0.15, 0.2) is 82.6 Å². The fourth-order valence-electron chi connectivity index (χ4n) is 2.92. The fraction of sp³-hybridized carbons (Fsp3) is 0.136. The van der Waals surface area contributed by atoms with Gasteiger partial charge in [-0.3, -0.25) is 9.36 Å². The maximum atomic E-state index is 12.4. The lowest BCUT2D eigenvalue weighted by Crippen LogP contribution is -2.25. The van der Waals surface area contributed by atoms with Crippen LogP contribution < -0.4 is 5.32 Å². The second-order valence-corrected chi connectivity index (χ2v) is 7.39. The molecule has 0 unspecified atom stereocenters. The predicted octanol–water partition coefficient (Wildman–Crippen LogP) is 4.24. The number of rotatable bonds is 7. The number of benzene rings is 2. The van der Waals surface area contributed by atoms with Crippen LogP contribution in [0.25, 0.3) is 17.3 Å². The number of nitrogens with one attached hydrogen (secondary N) is 1. The number of thioether (sulfide) groups is 1. The van der Waals surface area contributed by atoms with E-state index in [-0.39, 0.29) is 11.7 Å². The zero-order valence-electron chi connectivity index (χ0n) is 15.9. The van der Waals surface area contributed by atoms with E-state index in [4.69, 9.17) is 4.42 Å². The van der Waals surface area contributed by atoms with Gasteiger partial charge < -0.3 is 9.73 Å². The van der Waals surface area contributed by atoms with Crippen LogP contribution >= 0.6 is 11.8 Å². The van der Waals surface area contributed by atoms with Gasteiger partial charge in [0.2, 0.25) is 11.7 Å². The lowest BCUT2D eigenvalue weighted by Gasteiger charge is -2.10. The number of carbonyl (C=O) groups excluding carboxylic acids is 1. The van der Waals surface area contributed by atoms with E-state index < -0.39 is 0 Å². The normalized spacial score (nSPS) is 10.8. The van der Waals surface area contributed by atoms with Crippen LogP contribution in [0.1, 0.15) is 11.1 Å². The average Bonchev–Trinajstić information content (AvgIpc) is 3.42. The third kappa shape index (κ3) is 4.41. The molecule has 0 bridgehead atoms. The molecule has 2 aromatic carbocycles. The summed E-state index contributed by atoms with van der Waals surface area (Å²) < 4.78 is 7.41. The van der Waals surface area contributed by atoms with Gasteiger partial charge in [0.25, 0.3) is 0 Å². The number of aryl methyl sites for hydroxylation is 1. The molecule has 0 aliphatic heterocycles. The summed E-state index contributed by atoms with van der Waals surface area (Å²) in [5, 5.41) is 12.2. The highest BCUT2D eigenvalue weighted by Gasteiger charge is 2.18. The first-order chi connectivity index (χ1) is 14.2. The van der Waals surface area contributed by atoms with Crippen molar-refractivity contribution in [3.63, 3.8) is 0 Å². The van der Waals surface area contributed by atoms with Crippen molar-refractivity contribution in [3.8, 4) is 17.3 Å². The van der Waals surface area contributed by atoms with Gasteiger partial charge in [0.1, 0.15) is 0 Å². The van der Waals surface area contributed by atoms with Gasteiger partial charge in [0.15, 0.2) is 10.9 Å². The number of para-hydroxylation sites is 1. The van der Waals surface area contributed by atoms with Crippen LogP contribution in [0.3, 0.4) is 0 Å². The Labute approximate surface area is 173 Å². The Morgan fingerprint density at radius 2 is 1.83 bits per heavy atom. The summed E-state index contributed by atoms with van der Waals surface area (Å²) in [7, 11) is 0. The molecule has 0 aliphatic rings. The Hall–Kier alpha value is -3.32. The van der Waals surface area contributed by atoms with Crippen molar-refractivity contribution < 1.29 is 9.21 Å². The van der Waals surface area contributed by atoms with Crippen molar-refractivity contribution in [1.29, 1.82) is 0 Å². The first-order valence-corrected chi connectivity index (χ1v) is 10.2. The molecule has 4 aromatic rings. The van der Waals surface area contributed by atoms with E-state index in [1.54, 1.807) is 6.26 Å². The van der Waals surface area contributed by atoms with Crippen LogP contribution in [-0.2, 0) is 11.3 Å². The van der Waals surface area contributed by atoms with E-state index in [1.165, 1.54) is 11.8 Å². The van der Waals surface area contributed by atoms with Crippen molar-refractivity contribution in [2.75, 3.05) is 5.75 Å². The summed E-state index contributed by atoms with van der Waals surface area (Å²) in [6.45, 7) is 2.55. The largest absolute Gasteiger partial charge is 0.461 e. The van der Waals surface area contributed by atoms with Crippen molar-refractivity contribution >= 4 is 17.7 Å². The molecule has 1 amide bonds. The van der Waals surface area contributed by atoms with Gasteiger partial charge >= 0.3 is 0 Å². The van der Waals surface area contributed by atoms with Crippen molar-refractivity contribution in [2.24, 2.45) is 0 Å². The van der Waals surface area contributed by atoms with Crippen LogP contribution in [0.4, 0.5) is 0 Å². The number of amides is 1. The van der Waals surface area contributed by atoms with E-state index >= 15 is 0 Å². The van der Waals surface area contributed by atoms with Gasteiger partial charge in [0.05, 0.1) is 12.0 Å². The number of nitrogens with zero attached hydrogens (tertiary/aromatic N) is 3. The molecule has 0 spiro atoms.